The summed E-state index contributed by atoms with van der Waals surface area (Å²) in [7, 11) is 0. The van der Waals surface area contributed by atoms with Crippen molar-refractivity contribution >= 4 is 45.7 Å². The molecule has 0 spiro atoms. The maximum atomic E-state index is 11.7. The van der Waals surface area contributed by atoms with Crippen molar-refractivity contribution in [2.45, 2.75) is 6.42 Å². The van der Waals surface area contributed by atoms with Crippen LogP contribution in [0.15, 0.2) is 64.2 Å². The number of carbonyl (C=O) groups is 1. The van der Waals surface area contributed by atoms with Gasteiger partial charge in [-0.2, -0.15) is 5.10 Å². The Kier molecular flexibility index (Phi) is 6.37. The van der Waals surface area contributed by atoms with Gasteiger partial charge in [-0.3, -0.25) is 4.79 Å². The number of hydrazone groups is 1. The minimum absolute atomic E-state index is 0.182. The molecule has 0 aromatic heterocycles. The highest BCUT2D eigenvalue weighted by Crippen LogP contribution is 2.11. The van der Waals surface area contributed by atoms with Gasteiger partial charge >= 0.3 is 0 Å². The SMILES string of the molecule is O=C(Cc1ccc(Cl)cc1)N/N=C/C(Br)=C/c1ccccc1. The van der Waals surface area contributed by atoms with Gasteiger partial charge < -0.3 is 0 Å². The average Bonchev–Trinajstić information content (AvgIpc) is 2.50. The molecule has 0 saturated carbocycles. The normalized spacial score (nSPS) is 11.6. The summed E-state index contributed by atoms with van der Waals surface area (Å²) >= 11 is 9.18. The first-order chi connectivity index (χ1) is 10.6. The smallest absolute Gasteiger partial charge is 0.244 e. The summed E-state index contributed by atoms with van der Waals surface area (Å²) < 4.78 is 0.769. The van der Waals surface area contributed by atoms with Crippen LogP contribution in [-0.2, 0) is 11.2 Å². The maximum Gasteiger partial charge on any atom is 0.244 e. The van der Waals surface area contributed by atoms with Gasteiger partial charge in [0.2, 0.25) is 5.91 Å². The standard InChI is InChI=1S/C17H14BrClN2O/c18-15(10-13-4-2-1-3-5-13)12-20-21-17(22)11-14-6-8-16(19)9-7-14/h1-10,12H,11H2,(H,21,22)/b15-10-,20-12+. The topological polar surface area (TPSA) is 41.5 Å². The molecule has 2 aromatic rings. The van der Waals surface area contributed by atoms with E-state index in [0.717, 1.165) is 15.6 Å². The molecule has 22 heavy (non-hydrogen) atoms. The third-order valence-corrected chi connectivity index (χ3v) is 3.44. The van der Waals surface area contributed by atoms with Gasteiger partial charge in [0.1, 0.15) is 0 Å². The molecule has 0 radical (unpaired) electrons. The predicted octanol–water partition coefficient (Wildman–Crippen LogP) is 4.42. The first-order valence-corrected chi connectivity index (χ1v) is 7.79. The number of benzene rings is 2. The molecule has 112 valence electrons. The fourth-order valence-corrected chi connectivity index (χ4v) is 2.23. The molecule has 0 bridgehead atoms. The molecule has 0 unspecified atom stereocenters. The zero-order chi connectivity index (χ0) is 15.8. The molecule has 0 atom stereocenters. The van der Waals surface area contributed by atoms with E-state index >= 15 is 0 Å². The predicted molar refractivity (Wildman–Crippen MR) is 95.1 cm³/mol. The Labute approximate surface area is 142 Å². The van der Waals surface area contributed by atoms with Crippen LogP contribution in [0.4, 0.5) is 0 Å². The van der Waals surface area contributed by atoms with Gasteiger partial charge in [-0.1, -0.05) is 54.1 Å². The molecule has 3 nitrogen and oxygen atoms in total. The second-order valence-electron chi connectivity index (χ2n) is 4.54. The lowest BCUT2D eigenvalue weighted by atomic mass is 10.1. The van der Waals surface area contributed by atoms with Crippen molar-refractivity contribution in [3.63, 3.8) is 0 Å². The van der Waals surface area contributed by atoms with E-state index in [4.69, 9.17) is 11.6 Å². The van der Waals surface area contributed by atoms with E-state index in [1.165, 1.54) is 0 Å². The van der Waals surface area contributed by atoms with Crippen molar-refractivity contribution in [2.24, 2.45) is 5.10 Å². The van der Waals surface area contributed by atoms with Gasteiger partial charge in [-0.15, -0.1) is 0 Å². The monoisotopic (exact) mass is 376 g/mol. The largest absolute Gasteiger partial charge is 0.273 e. The molecule has 0 fully saturated rings. The third kappa shape index (κ3) is 5.84. The summed E-state index contributed by atoms with van der Waals surface area (Å²) in [6, 6.07) is 17.0. The number of hydrogen-bond donors (Lipinski definition) is 1. The molecule has 0 aliphatic heterocycles. The van der Waals surface area contributed by atoms with Crippen LogP contribution in [0, 0.1) is 0 Å². The number of halogens is 2. The molecule has 5 heteroatoms. The average molecular weight is 378 g/mol. The Morgan fingerprint density at radius 1 is 1.14 bits per heavy atom. The Morgan fingerprint density at radius 3 is 2.50 bits per heavy atom. The second-order valence-corrected chi connectivity index (χ2v) is 5.89. The molecule has 1 amide bonds. The van der Waals surface area contributed by atoms with E-state index in [9.17, 15) is 4.79 Å². The summed E-state index contributed by atoms with van der Waals surface area (Å²) in [5.74, 6) is -0.182. The number of carbonyl (C=O) groups excluding carboxylic acids is 1. The summed E-state index contributed by atoms with van der Waals surface area (Å²) in [5.41, 5.74) is 4.42. The molecule has 1 N–H and O–H groups in total. The van der Waals surface area contributed by atoms with Crippen LogP contribution in [0.2, 0.25) is 5.02 Å². The fraction of sp³-hybridized carbons (Fsp3) is 0.0588. The second kappa shape index (κ2) is 8.51. The van der Waals surface area contributed by atoms with Crippen LogP contribution in [0.5, 0.6) is 0 Å². The van der Waals surface area contributed by atoms with E-state index < -0.39 is 0 Å². The zero-order valence-corrected chi connectivity index (χ0v) is 14.0. The number of rotatable bonds is 5. The number of nitrogens with one attached hydrogen (secondary N) is 1. The highest BCUT2D eigenvalue weighted by molar-refractivity contribution is 9.12. The molecule has 0 saturated heterocycles. The van der Waals surface area contributed by atoms with Crippen LogP contribution >= 0.6 is 27.5 Å². The summed E-state index contributed by atoms with van der Waals surface area (Å²) in [4.78, 5) is 11.7. The van der Waals surface area contributed by atoms with Crippen molar-refractivity contribution < 1.29 is 4.79 Å². The van der Waals surface area contributed by atoms with Gasteiger partial charge in [0.15, 0.2) is 0 Å². The first-order valence-electron chi connectivity index (χ1n) is 6.62. The molecule has 0 heterocycles. The Hall–Kier alpha value is -1.91. The molecular formula is C17H14BrClN2O. The minimum atomic E-state index is -0.182. The highest BCUT2D eigenvalue weighted by atomic mass is 79.9. The molecule has 2 aromatic carbocycles. The van der Waals surface area contributed by atoms with Crippen LogP contribution in [-0.4, -0.2) is 12.1 Å². The van der Waals surface area contributed by atoms with Crippen molar-refractivity contribution in [1.29, 1.82) is 0 Å². The number of amides is 1. The lowest BCUT2D eigenvalue weighted by molar-refractivity contribution is -0.120. The molecule has 0 aliphatic rings. The van der Waals surface area contributed by atoms with Crippen LogP contribution in [0.1, 0.15) is 11.1 Å². The summed E-state index contributed by atoms with van der Waals surface area (Å²) in [6.45, 7) is 0. The van der Waals surface area contributed by atoms with E-state index in [0.29, 0.717) is 5.02 Å². The van der Waals surface area contributed by atoms with Gasteiger partial charge in [-0.05, 0) is 45.3 Å². The summed E-state index contributed by atoms with van der Waals surface area (Å²) in [5, 5.41) is 4.57. The number of nitrogens with zero attached hydrogens (tertiary/aromatic N) is 1. The van der Waals surface area contributed by atoms with E-state index in [2.05, 4.69) is 26.5 Å². The number of hydrogen-bond acceptors (Lipinski definition) is 2. The Morgan fingerprint density at radius 2 is 1.82 bits per heavy atom. The van der Waals surface area contributed by atoms with E-state index in [1.54, 1.807) is 18.3 Å². The van der Waals surface area contributed by atoms with Crippen LogP contribution in [0.25, 0.3) is 6.08 Å². The third-order valence-electron chi connectivity index (χ3n) is 2.76. The minimum Gasteiger partial charge on any atom is -0.273 e. The maximum absolute atomic E-state index is 11.7. The molecule has 0 aliphatic carbocycles. The van der Waals surface area contributed by atoms with Crippen LogP contribution < -0.4 is 5.43 Å². The van der Waals surface area contributed by atoms with Crippen molar-refractivity contribution in [3.8, 4) is 0 Å². The quantitative estimate of drug-likeness (QED) is 0.608. The van der Waals surface area contributed by atoms with Gasteiger partial charge in [-0.25, -0.2) is 5.43 Å². The van der Waals surface area contributed by atoms with E-state index in [1.807, 2.05) is 48.5 Å². The Balaban J connectivity index is 1.85. The molecule has 2 rings (SSSR count). The zero-order valence-electron chi connectivity index (χ0n) is 11.7. The van der Waals surface area contributed by atoms with Crippen molar-refractivity contribution in [2.75, 3.05) is 0 Å². The molecular weight excluding hydrogens is 364 g/mol. The van der Waals surface area contributed by atoms with Crippen LogP contribution in [0.3, 0.4) is 0 Å². The Bertz CT molecular complexity index is 682. The lowest BCUT2D eigenvalue weighted by Gasteiger charge is -2.00. The summed E-state index contributed by atoms with van der Waals surface area (Å²) in [6.07, 6.45) is 3.72. The first kappa shape index (κ1) is 16.5. The van der Waals surface area contributed by atoms with Gasteiger partial charge in [0.05, 0.1) is 12.6 Å². The van der Waals surface area contributed by atoms with Crippen molar-refractivity contribution in [3.05, 3.63) is 75.2 Å². The van der Waals surface area contributed by atoms with E-state index in [-0.39, 0.29) is 12.3 Å². The number of allylic oxidation sites excluding steroid dienone is 1. The fourth-order valence-electron chi connectivity index (χ4n) is 1.74. The lowest BCUT2D eigenvalue weighted by Crippen LogP contribution is -2.19. The van der Waals surface area contributed by atoms with Gasteiger partial charge in [0.25, 0.3) is 0 Å². The highest BCUT2D eigenvalue weighted by Gasteiger charge is 2.01. The van der Waals surface area contributed by atoms with Gasteiger partial charge in [0, 0.05) is 9.51 Å². The van der Waals surface area contributed by atoms with Crippen molar-refractivity contribution in [1.82, 2.24) is 5.43 Å².